The molecule has 1 N–H and O–H groups in total. The maximum Gasteiger partial charge on any atom is 0.336 e. The lowest BCUT2D eigenvalue weighted by atomic mass is 9.93. The summed E-state index contributed by atoms with van der Waals surface area (Å²) in [4.78, 5) is 16.5. The molecule has 0 fully saturated rings. The van der Waals surface area contributed by atoms with Gasteiger partial charge in [-0.3, -0.25) is 4.98 Å². The van der Waals surface area contributed by atoms with E-state index < -0.39 is 5.54 Å². The fourth-order valence-corrected chi connectivity index (χ4v) is 2.22. The molecule has 0 spiro atoms. The average molecular weight is 305 g/mol. The van der Waals surface area contributed by atoms with Gasteiger partial charge in [-0.05, 0) is 38.1 Å². The number of hydrogen-bond donors (Lipinski definition) is 1. The number of carbonyl (C=O) groups excluding carboxylic acids is 1. The van der Waals surface area contributed by atoms with Crippen LogP contribution in [0.15, 0.2) is 48.8 Å². The molecule has 1 unspecified atom stereocenters. The van der Waals surface area contributed by atoms with E-state index in [1.54, 1.807) is 44.4 Å². The van der Waals surface area contributed by atoms with Gasteiger partial charge in [0.25, 0.3) is 0 Å². The molecule has 0 radical (unpaired) electrons. The minimum atomic E-state index is -1.03. The van der Waals surface area contributed by atoms with Crippen LogP contribution in [0.2, 0.25) is 5.02 Å². The van der Waals surface area contributed by atoms with E-state index in [0.29, 0.717) is 11.6 Å². The van der Waals surface area contributed by atoms with E-state index in [0.717, 1.165) is 11.3 Å². The van der Waals surface area contributed by atoms with Gasteiger partial charge in [0.15, 0.2) is 5.54 Å². The highest BCUT2D eigenvalue weighted by atomic mass is 35.5. The second-order valence-electron chi connectivity index (χ2n) is 4.72. The lowest BCUT2D eigenvalue weighted by Crippen LogP contribution is -2.42. The normalized spacial score (nSPS) is 13.3. The first-order valence-corrected chi connectivity index (χ1v) is 7.05. The predicted octanol–water partition coefficient (Wildman–Crippen LogP) is 3.63. The third-order valence-electron chi connectivity index (χ3n) is 3.14. The Morgan fingerprint density at radius 3 is 2.81 bits per heavy atom. The number of halogens is 1. The monoisotopic (exact) mass is 304 g/mol. The van der Waals surface area contributed by atoms with Crippen LogP contribution < -0.4 is 5.32 Å². The van der Waals surface area contributed by atoms with Crippen molar-refractivity contribution in [2.75, 3.05) is 11.9 Å². The zero-order valence-corrected chi connectivity index (χ0v) is 12.7. The van der Waals surface area contributed by atoms with Gasteiger partial charge < -0.3 is 10.1 Å². The summed E-state index contributed by atoms with van der Waals surface area (Å²) in [5.41, 5.74) is 0.430. The molecule has 0 aliphatic heterocycles. The van der Waals surface area contributed by atoms with Crippen molar-refractivity contribution in [3.63, 3.8) is 0 Å². The van der Waals surface area contributed by atoms with Gasteiger partial charge in [0, 0.05) is 28.7 Å². The third kappa shape index (κ3) is 3.52. The van der Waals surface area contributed by atoms with Gasteiger partial charge >= 0.3 is 5.97 Å². The van der Waals surface area contributed by atoms with E-state index >= 15 is 0 Å². The summed E-state index contributed by atoms with van der Waals surface area (Å²) >= 11 is 5.99. The number of hydrogen-bond acceptors (Lipinski definition) is 4. The van der Waals surface area contributed by atoms with Crippen LogP contribution in [-0.4, -0.2) is 17.6 Å². The van der Waals surface area contributed by atoms with Crippen LogP contribution in [-0.2, 0) is 15.1 Å². The van der Waals surface area contributed by atoms with Crippen molar-refractivity contribution in [3.8, 4) is 0 Å². The van der Waals surface area contributed by atoms with Gasteiger partial charge in [0.1, 0.15) is 0 Å². The quantitative estimate of drug-likeness (QED) is 0.857. The maximum atomic E-state index is 12.4. The summed E-state index contributed by atoms with van der Waals surface area (Å²) in [6.07, 6.45) is 3.31. The highest BCUT2D eigenvalue weighted by Crippen LogP contribution is 2.28. The van der Waals surface area contributed by atoms with Gasteiger partial charge in [-0.2, -0.15) is 0 Å². The topological polar surface area (TPSA) is 51.2 Å². The lowest BCUT2D eigenvalue weighted by Gasteiger charge is -2.29. The van der Waals surface area contributed by atoms with Crippen LogP contribution in [0.4, 0.5) is 5.69 Å². The molecule has 21 heavy (non-hydrogen) atoms. The Morgan fingerprint density at radius 1 is 1.38 bits per heavy atom. The number of ether oxygens (including phenoxy) is 1. The molecule has 5 heteroatoms. The third-order valence-corrected chi connectivity index (χ3v) is 3.38. The molecule has 1 aromatic heterocycles. The van der Waals surface area contributed by atoms with Crippen molar-refractivity contribution in [2.24, 2.45) is 0 Å². The molecule has 0 amide bonds. The number of nitrogens with one attached hydrogen (secondary N) is 1. The number of esters is 1. The van der Waals surface area contributed by atoms with Crippen LogP contribution in [0.5, 0.6) is 0 Å². The van der Waals surface area contributed by atoms with Crippen LogP contribution in [0.3, 0.4) is 0 Å². The molecule has 110 valence electrons. The van der Waals surface area contributed by atoms with Gasteiger partial charge in [-0.15, -0.1) is 0 Å². The van der Waals surface area contributed by atoms with Crippen molar-refractivity contribution in [1.82, 2.24) is 4.98 Å². The molecule has 0 bridgehead atoms. The molecular weight excluding hydrogens is 288 g/mol. The van der Waals surface area contributed by atoms with E-state index in [-0.39, 0.29) is 5.97 Å². The zero-order valence-electron chi connectivity index (χ0n) is 12.0. The van der Waals surface area contributed by atoms with Crippen LogP contribution in [0.1, 0.15) is 19.4 Å². The smallest absolute Gasteiger partial charge is 0.336 e. The molecule has 0 aliphatic carbocycles. The summed E-state index contributed by atoms with van der Waals surface area (Å²) in [5.74, 6) is -0.363. The van der Waals surface area contributed by atoms with Gasteiger partial charge in [0.05, 0.1) is 6.61 Å². The Labute approximate surface area is 129 Å². The highest BCUT2D eigenvalue weighted by Gasteiger charge is 2.37. The van der Waals surface area contributed by atoms with E-state index in [4.69, 9.17) is 16.3 Å². The second-order valence-corrected chi connectivity index (χ2v) is 5.16. The van der Waals surface area contributed by atoms with Crippen molar-refractivity contribution in [3.05, 3.63) is 59.4 Å². The summed E-state index contributed by atoms with van der Waals surface area (Å²) < 4.78 is 5.20. The molecule has 0 aliphatic rings. The van der Waals surface area contributed by atoms with E-state index in [2.05, 4.69) is 10.3 Å². The molecule has 2 rings (SSSR count). The molecule has 1 aromatic carbocycles. The Balaban J connectivity index is 2.39. The lowest BCUT2D eigenvalue weighted by molar-refractivity contribution is -0.148. The number of benzene rings is 1. The molecule has 4 nitrogen and oxygen atoms in total. The molecule has 0 saturated carbocycles. The molecule has 2 aromatic rings. The summed E-state index contributed by atoms with van der Waals surface area (Å²) in [6, 6.07) is 10.8. The Kier molecular flexibility index (Phi) is 4.81. The summed E-state index contributed by atoms with van der Waals surface area (Å²) in [5, 5.41) is 3.79. The van der Waals surface area contributed by atoms with Crippen molar-refractivity contribution < 1.29 is 9.53 Å². The van der Waals surface area contributed by atoms with E-state index in [9.17, 15) is 4.79 Å². The molecule has 1 atom stereocenters. The number of rotatable bonds is 5. The van der Waals surface area contributed by atoms with E-state index in [1.807, 2.05) is 18.2 Å². The summed E-state index contributed by atoms with van der Waals surface area (Å²) in [7, 11) is 0. The van der Waals surface area contributed by atoms with Crippen molar-refractivity contribution in [2.45, 2.75) is 19.4 Å². The van der Waals surface area contributed by atoms with Gasteiger partial charge in [-0.1, -0.05) is 23.7 Å². The standard InChI is InChI=1S/C16H17ClN2O2/c1-3-21-15(20)16(2,12-6-5-9-18-11-12)19-14-8-4-7-13(17)10-14/h4-11,19H,3H2,1-2H3. The molecule has 0 saturated heterocycles. The fourth-order valence-electron chi connectivity index (χ4n) is 2.03. The Bertz CT molecular complexity index is 619. The largest absolute Gasteiger partial charge is 0.464 e. The van der Waals surface area contributed by atoms with Crippen LogP contribution in [0.25, 0.3) is 0 Å². The first-order valence-electron chi connectivity index (χ1n) is 6.67. The number of anilines is 1. The SMILES string of the molecule is CCOC(=O)C(C)(Nc1cccc(Cl)c1)c1cccnc1. The second kappa shape index (κ2) is 6.59. The fraction of sp³-hybridized carbons (Fsp3) is 0.250. The number of pyridine rings is 1. The van der Waals surface area contributed by atoms with Crippen LogP contribution in [0, 0.1) is 0 Å². The van der Waals surface area contributed by atoms with Gasteiger partial charge in [-0.25, -0.2) is 4.79 Å². The van der Waals surface area contributed by atoms with E-state index in [1.165, 1.54) is 0 Å². The maximum absolute atomic E-state index is 12.4. The zero-order chi connectivity index (χ0) is 15.3. The average Bonchev–Trinajstić information content (AvgIpc) is 2.48. The number of aromatic nitrogens is 1. The Hall–Kier alpha value is -2.07. The first kappa shape index (κ1) is 15.3. The van der Waals surface area contributed by atoms with Crippen molar-refractivity contribution in [1.29, 1.82) is 0 Å². The summed E-state index contributed by atoms with van der Waals surface area (Å²) in [6.45, 7) is 3.86. The number of carbonyl (C=O) groups is 1. The molecular formula is C16H17ClN2O2. The van der Waals surface area contributed by atoms with Crippen molar-refractivity contribution >= 4 is 23.3 Å². The minimum Gasteiger partial charge on any atom is -0.464 e. The number of nitrogens with zero attached hydrogens (tertiary/aromatic N) is 1. The highest BCUT2D eigenvalue weighted by molar-refractivity contribution is 6.30. The molecule has 1 heterocycles. The van der Waals surface area contributed by atoms with Gasteiger partial charge in [0.2, 0.25) is 0 Å². The first-order chi connectivity index (χ1) is 10.1. The Morgan fingerprint density at radius 2 is 2.19 bits per heavy atom. The minimum absolute atomic E-state index is 0.311. The van der Waals surface area contributed by atoms with Crippen LogP contribution >= 0.6 is 11.6 Å². The predicted molar refractivity (Wildman–Crippen MR) is 83.3 cm³/mol.